The number of rotatable bonds is 2. The molecule has 1 aromatic carbocycles. The normalized spacial score (nSPS) is 14.3. The average Bonchev–Trinajstić information content (AvgIpc) is 2.03. The first-order chi connectivity index (χ1) is 5.52. The highest BCUT2D eigenvalue weighted by Crippen LogP contribution is 2.24. The fourth-order valence-corrected chi connectivity index (χ4v) is 1.17. The third kappa shape index (κ3) is 2.08. The van der Waals surface area contributed by atoms with Gasteiger partial charge in [0, 0.05) is 5.54 Å². The second-order valence-electron chi connectivity index (χ2n) is 3.95. The van der Waals surface area contributed by atoms with Crippen molar-refractivity contribution in [3.63, 3.8) is 0 Å². The summed E-state index contributed by atoms with van der Waals surface area (Å²) in [4.78, 5) is 0. The van der Waals surface area contributed by atoms with Gasteiger partial charge in [-0.1, -0.05) is 37.3 Å². The SMILES string of the molecule is C[C@H](c1ccccc1)C(C)(C)N. The Labute approximate surface area is 74.6 Å². The zero-order valence-electron chi connectivity index (χ0n) is 8.04. The molecule has 0 saturated heterocycles. The summed E-state index contributed by atoms with van der Waals surface area (Å²) in [5, 5.41) is 0. The molecule has 0 unspecified atom stereocenters. The largest absolute Gasteiger partial charge is 0.325 e. The molecular formula is C11H17N. The molecule has 0 fully saturated rings. The van der Waals surface area contributed by atoms with Gasteiger partial charge in [0.15, 0.2) is 0 Å². The van der Waals surface area contributed by atoms with Crippen molar-refractivity contribution in [2.24, 2.45) is 5.73 Å². The minimum absolute atomic E-state index is 0.138. The summed E-state index contributed by atoms with van der Waals surface area (Å²) in [5.41, 5.74) is 7.18. The van der Waals surface area contributed by atoms with Gasteiger partial charge in [0.1, 0.15) is 0 Å². The topological polar surface area (TPSA) is 26.0 Å². The van der Waals surface area contributed by atoms with E-state index in [-0.39, 0.29) is 5.54 Å². The van der Waals surface area contributed by atoms with E-state index >= 15 is 0 Å². The number of benzene rings is 1. The molecule has 0 aliphatic rings. The Balaban J connectivity index is 2.86. The van der Waals surface area contributed by atoms with Gasteiger partial charge in [0.05, 0.1) is 0 Å². The average molecular weight is 163 g/mol. The lowest BCUT2D eigenvalue weighted by Crippen LogP contribution is -2.37. The Hall–Kier alpha value is -0.820. The van der Waals surface area contributed by atoms with Crippen molar-refractivity contribution in [2.75, 3.05) is 0 Å². The zero-order valence-corrected chi connectivity index (χ0v) is 8.04. The van der Waals surface area contributed by atoms with E-state index in [9.17, 15) is 0 Å². The molecule has 1 rings (SSSR count). The van der Waals surface area contributed by atoms with E-state index in [2.05, 4.69) is 45.0 Å². The van der Waals surface area contributed by atoms with E-state index in [1.165, 1.54) is 5.56 Å². The van der Waals surface area contributed by atoms with Crippen LogP contribution in [0, 0.1) is 0 Å². The second kappa shape index (κ2) is 3.28. The lowest BCUT2D eigenvalue weighted by molar-refractivity contribution is 0.435. The van der Waals surface area contributed by atoms with Crippen LogP contribution in [0.25, 0.3) is 0 Å². The molecule has 1 nitrogen and oxygen atoms in total. The minimum atomic E-state index is -0.138. The maximum atomic E-state index is 6.01. The van der Waals surface area contributed by atoms with Crippen molar-refractivity contribution < 1.29 is 0 Å². The third-order valence-corrected chi connectivity index (χ3v) is 2.42. The van der Waals surface area contributed by atoms with E-state index in [0.29, 0.717) is 5.92 Å². The van der Waals surface area contributed by atoms with Crippen molar-refractivity contribution in [1.82, 2.24) is 0 Å². The van der Waals surface area contributed by atoms with Crippen LogP contribution in [0.2, 0.25) is 0 Å². The summed E-state index contributed by atoms with van der Waals surface area (Å²) in [7, 11) is 0. The van der Waals surface area contributed by atoms with Crippen LogP contribution in [0.5, 0.6) is 0 Å². The molecule has 0 bridgehead atoms. The van der Waals surface area contributed by atoms with E-state index in [1.54, 1.807) is 0 Å². The molecular weight excluding hydrogens is 146 g/mol. The Morgan fingerprint density at radius 2 is 1.67 bits per heavy atom. The van der Waals surface area contributed by atoms with Gasteiger partial charge in [0.2, 0.25) is 0 Å². The first-order valence-electron chi connectivity index (χ1n) is 4.35. The molecule has 0 saturated carbocycles. The van der Waals surface area contributed by atoms with Gasteiger partial charge in [-0.25, -0.2) is 0 Å². The van der Waals surface area contributed by atoms with Crippen molar-refractivity contribution in [2.45, 2.75) is 32.2 Å². The Morgan fingerprint density at radius 3 is 2.08 bits per heavy atom. The molecule has 12 heavy (non-hydrogen) atoms. The molecule has 0 aromatic heterocycles. The molecule has 0 spiro atoms. The molecule has 0 amide bonds. The number of hydrogen-bond acceptors (Lipinski definition) is 1. The third-order valence-electron chi connectivity index (χ3n) is 2.42. The lowest BCUT2D eigenvalue weighted by Gasteiger charge is -2.27. The summed E-state index contributed by atoms with van der Waals surface area (Å²) in [6, 6.07) is 10.4. The zero-order chi connectivity index (χ0) is 9.19. The van der Waals surface area contributed by atoms with Gasteiger partial charge < -0.3 is 5.73 Å². The molecule has 2 N–H and O–H groups in total. The van der Waals surface area contributed by atoms with Crippen LogP contribution >= 0.6 is 0 Å². The summed E-state index contributed by atoms with van der Waals surface area (Å²) in [5.74, 6) is 0.402. The fourth-order valence-electron chi connectivity index (χ4n) is 1.17. The maximum absolute atomic E-state index is 6.01. The van der Waals surface area contributed by atoms with E-state index in [4.69, 9.17) is 5.73 Å². The van der Waals surface area contributed by atoms with Gasteiger partial charge in [-0.3, -0.25) is 0 Å². The summed E-state index contributed by atoms with van der Waals surface area (Å²) < 4.78 is 0. The van der Waals surface area contributed by atoms with Crippen molar-refractivity contribution in [3.8, 4) is 0 Å². The highest BCUT2D eigenvalue weighted by atomic mass is 14.7. The van der Waals surface area contributed by atoms with Crippen LogP contribution in [0.4, 0.5) is 0 Å². The smallest absolute Gasteiger partial charge is 0.0163 e. The molecule has 1 atom stereocenters. The van der Waals surface area contributed by atoms with Crippen LogP contribution < -0.4 is 5.73 Å². The predicted octanol–water partition coefficient (Wildman–Crippen LogP) is 2.53. The molecule has 66 valence electrons. The van der Waals surface area contributed by atoms with Crippen molar-refractivity contribution >= 4 is 0 Å². The van der Waals surface area contributed by atoms with Crippen LogP contribution in [0.15, 0.2) is 30.3 Å². The van der Waals surface area contributed by atoms with Gasteiger partial charge in [-0.05, 0) is 25.3 Å². The highest BCUT2D eigenvalue weighted by molar-refractivity contribution is 5.21. The lowest BCUT2D eigenvalue weighted by atomic mass is 9.84. The van der Waals surface area contributed by atoms with Crippen LogP contribution in [0.1, 0.15) is 32.3 Å². The standard InChI is InChI=1S/C11H17N/c1-9(11(2,3)12)10-7-5-4-6-8-10/h4-9H,12H2,1-3H3/t9-/m1/s1. The first-order valence-corrected chi connectivity index (χ1v) is 4.35. The Morgan fingerprint density at radius 1 is 1.17 bits per heavy atom. The van der Waals surface area contributed by atoms with Crippen LogP contribution in [-0.4, -0.2) is 5.54 Å². The van der Waals surface area contributed by atoms with E-state index in [0.717, 1.165) is 0 Å². The van der Waals surface area contributed by atoms with Gasteiger partial charge >= 0.3 is 0 Å². The summed E-state index contributed by atoms with van der Waals surface area (Å²) >= 11 is 0. The van der Waals surface area contributed by atoms with Crippen LogP contribution in [0.3, 0.4) is 0 Å². The predicted molar refractivity (Wildman–Crippen MR) is 53.1 cm³/mol. The first kappa shape index (κ1) is 9.27. The molecule has 0 aliphatic carbocycles. The molecule has 1 aromatic rings. The minimum Gasteiger partial charge on any atom is -0.325 e. The Kier molecular flexibility index (Phi) is 2.53. The quantitative estimate of drug-likeness (QED) is 0.712. The van der Waals surface area contributed by atoms with Gasteiger partial charge in [0.25, 0.3) is 0 Å². The van der Waals surface area contributed by atoms with E-state index in [1.807, 2.05) is 6.07 Å². The Bertz CT molecular complexity index is 233. The summed E-state index contributed by atoms with van der Waals surface area (Å²) in [6.45, 7) is 6.28. The van der Waals surface area contributed by atoms with Gasteiger partial charge in [-0.15, -0.1) is 0 Å². The maximum Gasteiger partial charge on any atom is 0.0163 e. The van der Waals surface area contributed by atoms with E-state index < -0.39 is 0 Å². The highest BCUT2D eigenvalue weighted by Gasteiger charge is 2.21. The molecule has 0 heterocycles. The van der Waals surface area contributed by atoms with Crippen molar-refractivity contribution in [3.05, 3.63) is 35.9 Å². The number of nitrogens with two attached hydrogens (primary N) is 1. The number of hydrogen-bond donors (Lipinski definition) is 1. The molecule has 1 heteroatoms. The monoisotopic (exact) mass is 163 g/mol. The van der Waals surface area contributed by atoms with Crippen LogP contribution in [-0.2, 0) is 0 Å². The molecule has 0 radical (unpaired) electrons. The fraction of sp³-hybridized carbons (Fsp3) is 0.455. The molecule has 0 aliphatic heterocycles. The van der Waals surface area contributed by atoms with Gasteiger partial charge in [-0.2, -0.15) is 0 Å². The second-order valence-corrected chi connectivity index (χ2v) is 3.95. The van der Waals surface area contributed by atoms with Crippen molar-refractivity contribution in [1.29, 1.82) is 0 Å². The summed E-state index contributed by atoms with van der Waals surface area (Å²) in [6.07, 6.45) is 0.